The van der Waals surface area contributed by atoms with Crippen molar-refractivity contribution in [3.8, 4) is 0 Å². The molecule has 2 saturated heterocycles. The molecule has 1 atom stereocenters. The normalized spacial score (nSPS) is 22.8. The summed E-state index contributed by atoms with van der Waals surface area (Å²) in [6, 6.07) is 7.03. The van der Waals surface area contributed by atoms with Crippen molar-refractivity contribution < 1.29 is 0 Å². The Morgan fingerprint density at radius 1 is 0.900 bits per heavy atom. The molecule has 2 aliphatic rings. The molecule has 3 nitrogen and oxygen atoms in total. The monoisotopic (exact) mass is 273 g/mol. The van der Waals surface area contributed by atoms with E-state index in [4.69, 9.17) is 4.98 Å². The van der Waals surface area contributed by atoms with E-state index >= 15 is 0 Å². The van der Waals surface area contributed by atoms with E-state index in [1.807, 2.05) is 0 Å². The van der Waals surface area contributed by atoms with Gasteiger partial charge in [0, 0.05) is 19.1 Å². The number of anilines is 1. The molecule has 3 rings (SSSR count). The fourth-order valence-corrected chi connectivity index (χ4v) is 3.46. The molecule has 0 amide bonds. The van der Waals surface area contributed by atoms with Gasteiger partial charge in [-0.25, -0.2) is 4.98 Å². The standard InChI is InChI=1S/C17H27N3/c1-15(19-11-4-2-5-12-19)16-9-8-10-17(18-16)20-13-6-3-7-14-20/h8-10,15H,2-7,11-14H2,1H3. The molecule has 0 N–H and O–H groups in total. The zero-order valence-corrected chi connectivity index (χ0v) is 12.7. The topological polar surface area (TPSA) is 19.4 Å². The van der Waals surface area contributed by atoms with Gasteiger partial charge in [-0.2, -0.15) is 0 Å². The summed E-state index contributed by atoms with van der Waals surface area (Å²) in [4.78, 5) is 10.00. The van der Waals surface area contributed by atoms with Crippen LogP contribution in [0.3, 0.4) is 0 Å². The lowest BCUT2D eigenvalue weighted by molar-refractivity contribution is 0.172. The van der Waals surface area contributed by atoms with E-state index in [1.54, 1.807) is 0 Å². The number of piperidine rings is 2. The molecule has 0 bridgehead atoms. The molecule has 1 aromatic rings. The number of pyridine rings is 1. The van der Waals surface area contributed by atoms with Crippen molar-refractivity contribution in [2.75, 3.05) is 31.1 Å². The largest absolute Gasteiger partial charge is 0.357 e. The van der Waals surface area contributed by atoms with Gasteiger partial charge in [0.15, 0.2) is 0 Å². The minimum atomic E-state index is 0.458. The Morgan fingerprint density at radius 2 is 1.55 bits per heavy atom. The van der Waals surface area contributed by atoms with Crippen LogP contribution < -0.4 is 4.90 Å². The van der Waals surface area contributed by atoms with Gasteiger partial charge in [-0.05, 0) is 64.3 Å². The summed E-state index contributed by atoms with van der Waals surface area (Å²) in [5.74, 6) is 1.19. The third-order valence-corrected chi connectivity index (χ3v) is 4.80. The lowest BCUT2D eigenvalue weighted by Gasteiger charge is -2.33. The summed E-state index contributed by atoms with van der Waals surface area (Å²) in [6.07, 6.45) is 8.08. The van der Waals surface area contributed by atoms with Crippen LogP contribution in [0.25, 0.3) is 0 Å². The Labute approximate surface area is 123 Å². The number of likely N-dealkylation sites (tertiary alicyclic amines) is 1. The molecule has 0 radical (unpaired) electrons. The van der Waals surface area contributed by atoms with Crippen molar-refractivity contribution >= 4 is 5.82 Å². The predicted molar refractivity (Wildman–Crippen MR) is 84.1 cm³/mol. The molecule has 2 fully saturated rings. The van der Waals surface area contributed by atoms with Crippen LogP contribution in [-0.2, 0) is 0 Å². The molecular formula is C17H27N3. The molecule has 0 saturated carbocycles. The van der Waals surface area contributed by atoms with Gasteiger partial charge >= 0.3 is 0 Å². The van der Waals surface area contributed by atoms with Gasteiger partial charge in [-0.1, -0.05) is 12.5 Å². The molecule has 1 unspecified atom stereocenters. The third kappa shape index (κ3) is 3.14. The Bertz CT molecular complexity index is 420. The Hall–Kier alpha value is -1.09. The Balaban J connectivity index is 1.72. The van der Waals surface area contributed by atoms with Crippen molar-refractivity contribution in [2.45, 2.75) is 51.5 Å². The van der Waals surface area contributed by atoms with Crippen LogP contribution in [0.5, 0.6) is 0 Å². The fraction of sp³-hybridized carbons (Fsp3) is 0.706. The highest BCUT2D eigenvalue weighted by atomic mass is 15.2. The van der Waals surface area contributed by atoms with Gasteiger partial charge < -0.3 is 4.90 Å². The first-order chi connectivity index (χ1) is 9.84. The highest BCUT2D eigenvalue weighted by molar-refractivity contribution is 5.40. The van der Waals surface area contributed by atoms with Gasteiger partial charge in [0.2, 0.25) is 0 Å². The van der Waals surface area contributed by atoms with E-state index in [0.717, 1.165) is 0 Å². The number of aromatic nitrogens is 1. The van der Waals surface area contributed by atoms with E-state index in [9.17, 15) is 0 Å². The first-order valence-electron chi connectivity index (χ1n) is 8.30. The zero-order chi connectivity index (χ0) is 13.8. The molecule has 0 aromatic carbocycles. The maximum Gasteiger partial charge on any atom is 0.128 e. The fourth-order valence-electron chi connectivity index (χ4n) is 3.46. The molecule has 20 heavy (non-hydrogen) atoms. The average Bonchev–Trinajstić information content (AvgIpc) is 2.56. The van der Waals surface area contributed by atoms with Gasteiger partial charge in [-0.3, -0.25) is 4.90 Å². The smallest absolute Gasteiger partial charge is 0.128 e. The summed E-state index contributed by atoms with van der Waals surface area (Å²) in [6.45, 7) is 7.13. The van der Waals surface area contributed by atoms with E-state index in [1.165, 1.54) is 76.2 Å². The highest BCUT2D eigenvalue weighted by Gasteiger charge is 2.20. The number of rotatable bonds is 3. The summed E-state index contributed by atoms with van der Waals surface area (Å²) >= 11 is 0. The van der Waals surface area contributed by atoms with Crippen LogP contribution in [0.15, 0.2) is 18.2 Å². The molecule has 2 aliphatic heterocycles. The quantitative estimate of drug-likeness (QED) is 0.838. The van der Waals surface area contributed by atoms with E-state index in [-0.39, 0.29) is 0 Å². The molecule has 3 heteroatoms. The maximum atomic E-state index is 4.96. The first-order valence-corrected chi connectivity index (χ1v) is 8.30. The average molecular weight is 273 g/mol. The van der Waals surface area contributed by atoms with Crippen LogP contribution in [0.1, 0.15) is 57.2 Å². The minimum absolute atomic E-state index is 0.458. The number of nitrogens with zero attached hydrogens (tertiary/aromatic N) is 3. The zero-order valence-electron chi connectivity index (χ0n) is 12.7. The summed E-state index contributed by atoms with van der Waals surface area (Å²) in [7, 11) is 0. The molecule has 110 valence electrons. The van der Waals surface area contributed by atoms with Crippen molar-refractivity contribution in [1.82, 2.24) is 9.88 Å². The lowest BCUT2D eigenvalue weighted by Crippen LogP contribution is -2.33. The van der Waals surface area contributed by atoms with Crippen molar-refractivity contribution in [1.29, 1.82) is 0 Å². The van der Waals surface area contributed by atoms with E-state index in [0.29, 0.717) is 6.04 Å². The van der Waals surface area contributed by atoms with Gasteiger partial charge in [-0.15, -0.1) is 0 Å². The molecule has 3 heterocycles. The SMILES string of the molecule is CC(c1cccc(N2CCCCC2)n1)N1CCCCC1. The van der Waals surface area contributed by atoms with Gasteiger partial charge in [0.1, 0.15) is 5.82 Å². The second-order valence-corrected chi connectivity index (χ2v) is 6.24. The van der Waals surface area contributed by atoms with E-state index < -0.39 is 0 Å². The minimum Gasteiger partial charge on any atom is -0.357 e. The van der Waals surface area contributed by atoms with Gasteiger partial charge in [0.05, 0.1) is 5.69 Å². The van der Waals surface area contributed by atoms with Crippen molar-refractivity contribution in [3.63, 3.8) is 0 Å². The number of hydrogen-bond donors (Lipinski definition) is 0. The summed E-state index contributed by atoms with van der Waals surface area (Å²) < 4.78 is 0. The number of hydrogen-bond acceptors (Lipinski definition) is 3. The van der Waals surface area contributed by atoms with Crippen molar-refractivity contribution in [3.05, 3.63) is 23.9 Å². The summed E-state index contributed by atoms with van der Waals surface area (Å²) in [5, 5.41) is 0. The van der Waals surface area contributed by atoms with Crippen LogP contribution in [0, 0.1) is 0 Å². The van der Waals surface area contributed by atoms with Crippen LogP contribution in [0.2, 0.25) is 0 Å². The highest BCUT2D eigenvalue weighted by Crippen LogP contribution is 2.25. The maximum absolute atomic E-state index is 4.96. The van der Waals surface area contributed by atoms with Crippen LogP contribution >= 0.6 is 0 Å². The molecular weight excluding hydrogens is 246 g/mol. The second-order valence-electron chi connectivity index (χ2n) is 6.24. The Morgan fingerprint density at radius 3 is 2.25 bits per heavy atom. The van der Waals surface area contributed by atoms with Gasteiger partial charge in [0.25, 0.3) is 0 Å². The third-order valence-electron chi connectivity index (χ3n) is 4.80. The predicted octanol–water partition coefficient (Wildman–Crippen LogP) is 3.62. The second kappa shape index (κ2) is 6.57. The van der Waals surface area contributed by atoms with E-state index in [2.05, 4.69) is 34.9 Å². The van der Waals surface area contributed by atoms with Crippen LogP contribution in [0.4, 0.5) is 5.82 Å². The molecule has 0 spiro atoms. The van der Waals surface area contributed by atoms with Crippen molar-refractivity contribution in [2.24, 2.45) is 0 Å². The van der Waals surface area contributed by atoms with Crippen LogP contribution in [-0.4, -0.2) is 36.1 Å². The molecule has 1 aromatic heterocycles. The lowest BCUT2D eigenvalue weighted by atomic mass is 10.1. The Kier molecular flexibility index (Phi) is 4.56. The molecule has 0 aliphatic carbocycles. The first kappa shape index (κ1) is 13.9. The summed E-state index contributed by atoms with van der Waals surface area (Å²) in [5.41, 5.74) is 1.25.